The van der Waals surface area contributed by atoms with Crippen LogP contribution in [-0.4, -0.2) is 26.2 Å². The van der Waals surface area contributed by atoms with Crippen LogP contribution in [0.1, 0.15) is 43.5 Å². The standard InChI is InChI=1S/C22H28N4O2.HI/c1-5-27-20-11-10-19(13-21(20)28-6-2)16(3)26-22(24-4)25-15-18-9-7-8-17(12-18)14-23;/h7-13,16H,5-6,15H2,1-4H3,(H2,24,25,26);1H. The number of nitrogens with zero attached hydrogens (tertiary/aromatic N) is 2. The number of nitrogens with one attached hydrogen (secondary N) is 2. The predicted molar refractivity (Wildman–Crippen MR) is 127 cm³/mol. The van der Waals surface area contributed by atoms with Crippen LogP contribution in [0.2, 0.25) is 0 Å². The first-order valence-electron chi connectivity index (χ1n) is 9.47. The molecule has 0 aliphatic rings. The van der Waals surface area contributed by atoms with Crippen LogP contribution in [0.3, 0.4) is 0 Å². The Kier molecular flexibility index (Phi) is 10.9. The summed E-state index contributed by atoms with van der Waals surface area (Å²) >= 11 is 0. The van der Waals surface area contributed by atoms with Gasteiger partial charge in [0.15, 0.2) is 17.5 Å². The number of hydrogen-bond acceptors (Lipinski definition) is 4. The lowest BCUT2D eigenvalue weighted by molar-refractivity contribution is 0.287. The monoisotopic (exact) mass is 508 g/mol. The Morgan fingerprint density at radius 1 is 1.10 bits per heavy atom. The molecule has 156 valence electrons. The zero-order chi connectivity index (χ0) is 20.4. The summed E-state index contributed by atoms with van der Waals surface area (Å²) in [5.74, 6) is 2.17. The van der Waals surface area contributed by atoms with Crippen LogP contribution in [0.4, 0.5) is 0 Å². The minimum absolute atomic E-state index is 0. The predicted octanol–water partition coefficient (Wildman–Crippen LogP) is 4.40. The fourth-order valence-electron chi connectivity index (χ4n) is 2.76. The Balaban J connectivity index is 0.00000420. The van der Waals surface area contributed by atoms with Crippen molar-refractivity contribution in [2.24, 2.45) is 4.99 Å². The van der Waals surface area contributed by atoms with Crippen molar-refractivity contribution in [2.75, 3.05) is 20.3 Å². The molecule has 2 aromatic carbocycles. The minimum Gasteiger partial charge on any atom is -0.490 e. The van der Waals surface area contributed by atoms with E-state index in [0.29, 0.717) is 31.3 Å². The molecule has 1 unspecified atom stereocenters. The van der Waals surface area contributed by atoms with Crippen LogP contribution in [0.5, 0.6) is 11.5 Å². The second-order valence-corrected chi connectivity index (χ2v) is 6.18. The molecular formula is C22H29IN4O2. The van der Waals surface area contributed by atoms with Crippen molar-refractivity contribution in [2.45, 2.75) is 33.4 Å². The number of hydrogen-bond donors (Lipinski definition) is 2. The summed E-state index contributed by atoms with van der Waals surface area (Å²) in [7, 11) is 1.73. The fourth-order valence-corrected chi connectivity index (χ4v) is 2.76. The van der Waals surface area contributed by atoms with Crippen molar-refractivity contribution in [1.29, 1.82) is 5.26 Å². The third-order valence-electron chi connectivity index (χ3n) is 4.16. The molecule has 0 aliphatic heterocycles. The van der Waals surface area contributed by atoms with Crippen molar-refractivity contribution in [1.82, 2.24) is 10.6 Å². The number of benzene rings is 2. The summed E-state index contributed by atoms with van der Waals surface area (Å²) < 4.78 is 11.3. The van der Waals surface area contributed by atoms with Gasteiger partial charge in [-0.15, -0.1) is 24.0 Å². The molecule has 0 saturated heterocycles. The summed E-state index contributed by atoms with van der Waals surface area (Å²) in [5, 5.41) is 15.7. The van der Waals surface area contributed by atoms with Gasteiger partial charge in [0.1, 0.15) is 0 Å². The maximum Gasteiger partial charge on any atom is 0.191 e. The van der Waals surface area contributed by atoms with E-state index in [1.54, 1.807) is 13.1 Å². The zero-order valence-corrected chi connectivity index (χ0v) is 19.7. The van der Waals surface area contributed by atoms with Crippen LogP contribution in [-0.2, 0) is 6.54 Å². The molecule has 0 amide bonds. The van der Waals surface area contributed by atoms with E-state index in [1.165, 1.54) is 0 Å². The second kappa shape index (κ2) is 12.9. The topological polar surface area (TPSA) is 78.7 Å². The highest BCUT2D eigenvalue weighted by atomic mass is 127. The van der Waals surface area contributed by atoms with Gasteiger partial charge in [0.2, 0.25) is 0 Å². The van der Waals surface area contributed by atoms with Gasteiger partial charge in [-0.05, 0) is 56.2 Å². The number of aliphatic imine (C=N–C) groups is 1. The number of nitriles is 1. The quantitative estimate of drug-likeness (QED) is 0.314. The van der Waals surface area contributed by atoms with Crippen molar-refractivity contribution in [3.05, 3.63) is 59.2 Å². The molecule has 0 bridgehead atoms. The van der Waals surface area contributed by atoms with E-state index in [2.05, 4.69) is 28.6 Å². The van der Waals surface area contributed by atoms with Crippen LogP contribution >= 0.6 is 24.0 Å². The van der Waals surface area contributed by atoms with Gasteiger partial charge in [-0.3, -0.25) is 4.99 Å². The van der Waals surface area contributed by atoms with E-state index in [0.717, 1.165) is 22.6 Å². The minimum atomic E-state index is 0. The van der Waals surface area contributed by atoms with Gasteiger partial charge in [0, 0.05) is 13.6 Å². The van der Waals surface area contributed by atoms with Gasteiger partial charge in [-0.1, -0.05) is 18.2 Å². The number of ether oxygens (including phenoxy) is 2. The molecule has 2 aromatic rings. The third-order valence-corrected chi connectivity index (χ3v) is 4.16. The van der Waals surface area contributed by atoms with E-state index in [9.17, 15) is 0 Å². The number of halogens is 1. The van der Waals surface area contributed by atoms with E-state index < -0.39 is 0 Å². The van der Waals surface area contributed by atoms with Crippen LogP contribution in [0.15, 0.2) is 47.5 Å². The van der Waals surface area contributed by atoms with Crippen molar-refractivity contribution in [3.8, 4) is 17.6 Å². The third kappa shape index (κ3) is 7.46. The molecule has 2 rings (SSSR count). The van der Waals surface area contributed by atoms with Gasteiger partial charge in [-0.25, -0.2) is 0 Å². The van der Waals surface area contributed by atoms with Crippen LogP contribution in [0, 0.1) is 11.3 Å². The van der Waals surface area contributed by atoms with Gasteiger partial charge in [0.05, 0.1) is 30.9 Å². The molecule has 2 N–H and O–H groups in total. The first kappa shape index (κ1) is 24.6. The Labute approximate surface area is 190 Å². The molecule has 7 heteroatoms. The second-order valence-electron chi connectivity index (χ2n) is 6.18. The summed E-state index contributed by atoms with van der Waals surface area (Å²) in [4.78, 5) is 4.29. The van der Waals surface area contributed by atoms with Crippen molar-refractivity contribution < 1.29 is 9.47 Å². The molecular weight excluding hydrogens is 479 g/mol. The smallest absolute Gasteiger partial charge is 0.191 e. The van der Waals surface area contributed by atoms with Crippen molar-refractivity contribution in [3.63, 3.8) is 0 Å². The summed E-state index contributed by atoms with van der Waals surface area (Å²) in [5.41, 5.74) is 2.74. The Hall–Kier alpha value is -2.47. The fraction of sp³-hybridized carbons (Fsp3) is 0.364. The molecule has 0 aliphatic carbocycles. The first-order chi connectivity index (χ1) is 13.6. The molecule has 0 heterocycles. The number of guanidine groups is 1. The van der Waals surface area contributed by atoms with Gasteiger partial charge in [0.25, 0.3) is 0 Å². The highest BCUT2D eigenvalue weighted by Gasteiger charge is 2.12. The maximum atomic E-state index is 9.02. The molecule has 1 atom stereocenters. The van der Waals surface area contributed by atoms with E-state index in [-0.39, 0.29) is 30.0 Å². The average molecular weight is 508 g/mol. The van der Waals surface area contributed by atoms with Crippen LogP contribution in [0.25, 0.3) is 0 Å². The maximum absolute atomic E-state index is 9.02. The lowest BCUT2D eigenvalue weighted by Crippen LogP contribution is -2.38. The number of rotatable bonds is 8. The van der Waals surface area contributed by atoms with Crippen LogP contribution < -0.4 is 20.1 Å². The van der Waals surface area contributed by atoms with E-state index in [4.69, 9.17) is 14.7 Å². The Bertz CT molecular complexity index is 849. The van der Waals surface area contributed by atoms with Gasteiger partial charge in [-0.2, -0.15) is 5.26 Å². The van der Waals surface area contributed by atoms with E-state index in [1.807, 2.05) is 50.2 Å². The highest BCUT2D eigenvalue weighted by Crippen LogP contribution is 2.30. The van der Waals surface area contributed by atoms with Crippen molar-refractivity contribution >= 4 is 29.9 Å². The summed E-state index contributed by atoms with van der Waals surface area (Å²) in [6.07, 6.45) is 0. The molecule has 6 nitrogen and oxygen atoms in total. The summed E-state index contributed by atoms with van der Waals surface area (Å²) in [6, 6.07) is 15.6. The Morgan fingerprint density at radius 2 is 1.83 bits per heavy atom. The molecule has 0 aromatic heterocycles. The summed E-state index contributed by atoms with van der Waals surface area (Å²) in [6.45, 7) is 7.73. The molecule has 0 radical (unpaired) electrons. The Morgan fingerprint density at radius 3 is 2.48 bits per heavy atom. The van der Waals surface area contributed by atoms with Gasteiger partial charge >= 0.3 is 0 Å². The first-order valence-corrected chi connectivity index (χ1v) is 9.47. The van der Waals surface area contributed by atoms with Gasteiger partial charge < -0.3 is 20.1 Å². The largest absolute Gasteiger partial charge is 0.490 e. The molecule has 29 heavy (non-hydrogen) atoms. The van der Waals surface area contributed by atoms with E-state index >= 15 is 0 Å². The lowest BCUT2D eigenvalue weighted by atomic mass is 10.1. The lowest BCUT2D eigenvalue weighted by Gasteiger charge is -2.20. The highest BCUT2D eigenvalue weighted by molar-refractivity contribution is 14.0. The molecule has 0 saturated carbocycles. The zero-order valence-electron chi connectivity index (χ0n) is 17.4. The average Bonchev–Trinajstić information content (AvgIpc) is 2.72. The normalized spacial score (nSPS) is 11.6. The molecule has 0 fully saturated rings. The SMILES string of the molecule is CCOc1ccc(C(C)NC(=NC)NCc2cccc(C#N)c2)cc1OCC.I. The molecule has 0 spiro atoms.